The average molecular weight is 223 g/mol. The van der Waals surface area contributed by atoms with E-state index in [9.17, 15) is 0 Å². The van der Waals surface area contributed by atoms with Gasteiger partial charge in [0, 0.05) is 11.9 Å². The summed E-state index contributed by atoms with van der Waals surface area (Å²) in [5, 5.41) is 0. The molecule has 0 saturated carbocycles. The minimum absolute atomic E-state index is 1.04. The van der Waals surface area contributed by atoms with Gasteiger partial charge in [-0.2, -0.15) is 0 Å². The molecule has 1 nitrogen and oxygen atoms in total. The Morgan fingerprint density at radius 1 is 0.882 bits per heavy atom. The van der Waals surface area contributed by atoms with Crippen molar-refractivity contribution in [2.75, 3.05) is 0 Å². The highest BCUT2D eigenvalue weighted by atomic mass is 14.6. The molecule has 0 N–H and O–H groups in total. The maximum absolute atomic E-state index is 4.08. The summed E-state index contributed by atoms with van der Waals surface area (Å²) >= 11 is 0. The van der Waals surface area contributed by atoms with Gasteiger partial charge >= 0.3 is 0 Å². The van der Waals surface area contributed by atoms with Gasteiger partial charge in [0.05, 0.1) is 0 Å². The first kappa shape index (κ1) is 12.9. The zero-order valence-electron chi connectivity index (χ0n) is 10.1. The molecule has 0 spiro atoms. The van der Waals surface area contributed by atoms with Crippen molar-refractivity contribution in [3.05, 3.63) is 78.6 Å². The van der Waals surface area contributed by atoms with Crippen molar-refractivity contribution in [1.82, 2.24) is 4.98 Å². The second-order valence-electron chi connectivity index (χ2n) is 3.55. The quantitative estimate of drug-likeness (QED) is 0.737. The minimum Gasteiger partial charge on any atom is -0.261 e. The second kappa shape index (κ2) is 7.18. The van der Waals surface area contributed by atoms with Crippen LogP contribution in [-0.4, -0.2) is 4.98 Å². The molecule has 0 fully saturated rings. The molecule has 0 radical (unpaired) electrons. The minimum atomic E-state index is 1.04. The van der Waals surface area contributed by atoms with Crippen LogP contribution < -0.4 is 0 Å². The third kappa shape index (κ3) is 4.94. The first-order valence-electron chi connectivity index (χ1n) is 5.49. The number of nitrogens with zero attached hydrogens (tertiary/aromatic N) is 1. The lowest BCUT2D eigenvalue weighted by atomic mass is 10.2. The summed E-state index contributed by atoms with van der Waals surface area (Å²) in [7, 11) is 0. The van der Waals surface area contributed by atoms with Gasteiger partial charge in [0.2, 0.25) is 0 Å². The predicted octanol–water partition coefficient (Wildman–Crippen LogP) is 4.36. The molecule has 0 aliphatic carbocycles. The maximum atomic E-state index is 4.08. The second-order valence-corrected chi connectivity index (χ2v) is 3.55. The first-order valence-corrected chi connectivity index (χ1v) is 5.49. The van der Waals surface area contributed by atoms with E-state index >= 15 is 0 Å². The molecule has 0 saturated heterocycles. The van der Waals surface area contributed by atoms with Gasteiger partial charge in [-0.25, -0.2) is 0 Å². The molecule has 0 amide bonds. The first-order chi connectivity index (χ1) is 8.26. The van der Waals surface area contributed by atoms with Crippen molar-refractivity contribution in [1.29, 1.82) is 0 Å². The fraction of sp³-hybridized carbons (Fsp3) is 0.0625. The summed E-state index contributed by atoms with van der Waals surface area (Å²) < 4.78 is 0. The van der Waals surface area contributed by atoms with Crippen LogP contribution in [0.4, 0.5) is 0 Å². The molecule has 0 bridgehead atoms. The Morgan fingerprint density at radius 2 is 1.53 bits per heavy atom. The number of hydrogen-bond donors (Lipinski definition) is 0. The fourth-order valence-electron chi connectivity index (χ4n) is 1.19. The van der Waals surface area contributed by atoms with E-state index in [1.54, 1.807) is 6.08 Å². The summed E-state index contributed by atoms with van der Waals surface area (Å²) in [6, 6.07) is 14.0. The van der Waals surface area contributed by atoms with E-state index in [4.69, 9.17) is 0 Å². The Hall–Kier alpha value is -2.15. The highest BCUT2D eigenvalue weighted by molar-refractivity contribution is 5.45. The monoisotopic (exact) mass is 223 g/mol. The molecule has 1 heterocycles. The summed E-state index contributed by atoms with van der Waals surface area (Å²) in [5.74, 6) is 0. The molecular formula is C16H17N. The molecule has 2 aromatic rings. The lowest BCUT2D eigenvalue weighted by molar-refractivity contribution is 1.19. The zero-order chi connectivity index (χ0) is 12.5. The van der Waals surface area contributed by atoms with Gasteiger partial charge in [0.25, 0.3) is 0 Å². The van der Waals surface area contributed by atoms with Gasteiger partial charge in [-0.15, -0.1) is 0 Å². The largest absolute Gasteiger partial charge is 0.261 e. The van der Waals surface area contributed by atoms with Gasteiger partial charge in [0.15, 0.2) is 0 Å². The maximum Gasteiger partial charge on any atom is 0.0373 e. The molecule has 0 aliphatic heterocycles. The molecule has 1 aromatic carbocycles. The van der Waals surface area contributed by atoms with Crippen molar-refractivity contribution in [2.45, 2.75) is 6.92 Å². The van der Waals surface area contributed by atoms with Gasteiger partial charge < -0.3 is 0 Å². The van der Waals surface area contributed by atoms with E-state index < -0.39 is 0 Å². The van der Waals surface area contributed by atoms with E-state index in [1.807, 2.05) is 61.7 Å². The smallest absolute Gasteiger partial charge is 0.0373 e. The molecule has 2 rings (SSSR count). The summed E-state index contributed by atoms with van der Waals surface area (Å²) in [4.78, 5) is 4.08. The topological polar surface area (TPSA) is 12.9 Å². The Morgan fingerprint density at radius 3 is 1.94 bits per heavy atom. The van der Waals surface area contributed by atoms with Crippen LogP contribution in [0.15, 0.2) is 61.8 Å². The van der Waals surface area contributed by atoms with E-state index in [2.05, 4.69) is 18.1 Å². The van der Waals surface area contributed by atoms with Crippen molar-refractivity contribution in [2.24, 2.45) is 0 Å². The Kier molecular flexibility index (Phi) is 5.45. The molecule has 1 heteroatoms. The van der Waals surface area contributed by atoms with Gasteiger partial charge in [-0.05, 0) is 24.1 Å². The van der Waals surface area contributed by atoms with E-state index in [0.717, 1.165) is 11.3 Å². The summed E-state index contributed by atoms with van der Waals surface area (Å²) in [6.45, 7) is 9.22. The molecule has 0 atom stereocenters. The highest BCUT2D eigenvalue weighted by Gasteiger charge is 1.83. The molecule has 1 aromatic heterocycles. The Labute approximate surface area is 103 Å². The van der Waals surface area contributed by atoms with Crippen molar-refractivity contribution < 1.29 is 0 Å². The number of hydrogen-bond acceptors (Lipinski definition) is 1. The third-order valence-electron chi connectivity index (χ3n) is 2.21. The standard InChI is InChI=1S/C8H9N.C8H8/c1-3-8-5-4-7(2)9-6-8;1-2-8-6-4-3-5-7-8/h3-6H,1H2,2H3;2-7H,1H2. The number of pyridine rings is 1. The zero-order valence-corrected chi connectivity index (χ0v) is 10.1. The predicted molar refractivity (Wildman–Crippen MR) is 75.6 cm³/mol. The van der Waals surface area contributed by atoms with E-state index in [0.29, 0.717) is 0 Å². The lowest BCUT2D eigenvalue weighted by Crippen LogP contribution is -1.78. The lowest BCUT2D eigenvalue weighted by Gasteiger charge is -1.90. The van der Waals surface area contributed by atoms with Crippen molar-refractivity contribution in [3.63, 3.8) is 0 Å². The molecule has 0 unspecified atom stereocenters. The van der Waals surface area contributed by atoms with Crippen LogP contribution in [-0.2, 0) is 0 Å². The average Bonchev–Trinajstić information content (AvgIpc) is 2.41. The van der Waals surface area contributed by atoms with Crippen molar-refractivity contribution >= 4 is 12.2 Å². The van der Waals surface area contributed by atoms with Crippen LogP contribution in [0.25, 0.3) is 12.2 Å². The number of aromatic nitrogens is 1. The van der Waals surface area contributed by atoms with Gasteiger partial charge in [-0.1, -0.05) is 61.7 Å². The number of aryl methyl sites for hydroxylation is 1. The van der Waals surface area contributed by atoms with Crippen LogP contribution in [0.1, 0.15) is 16.8 Å². The van der Waals surface area contributed by atoms with Gasteiger partial charge in [0.1, 0.15) is 0 Å². The Balaban J connectivity index is 0.000000171. The molecule has 0 aliphatic rings. The van der Waals surface area contributed by atoms with Crippen molar-refractivity contribution in [3.8, 4) is 0 Å². The van der Waals surface area contributed by atoms with E-state index in [1.165, 1.54) is 5.56 Å². The summed E-state index contributed by atoms with van der Waals surface area (Å²) in [5.41, 5.74) is 3.29. The Bertz CT molecular complexity index is 455. The molecule has 86 valence electrons. The number of benzene rings is 1. The fourth-order valence-corrected chi connectivity index (χ4v) is 1.19. The number of rotatable bonds is 2. The van der Waals surface area contributed by atoms with Crippen LogP contribution >= 0.6 is 0 Å². The highest BCUT2D eigenvalue weighted by Crippen LogP contribution is 1.99. The SMILES string of the molecule is C=Cc1ccc(C)nc1.C=Cc1ccccc1. The third-order valence-corrected chi connectivity index (χ3v) is 2.21. The van der Waals surface area contributed by atoms with Gasteiger partial charge in [-0.3, -0.25) is 4.98 Å². The molecular weight excluding hydrogens is 206 g/mol. The summed E-state index contributed by atoms with van der Waals surface area (Å²) in [6.07, 6.45) is 5.43. The van der Waals surface area contributed by atoms with Crippen LogP contribution in [0.5, 0.6) is 0 Å². The van der Waals surface area contributed by atoms with E-state index in [-0.39, 0.29) is 0 Å². The van der Waals surface area contributed by atoms with Crippen LogP contribution in [0, 0.1) is 6.92 Å². The van der Waals surface area contributed by atoms with Crippen LogP contribution in [0.2, 0.25) is 0 Å². The molecule has 17 heavy (non-hydrogen) atoms. The normalized spacial score (nSPS) is 8.76. The van der Waals surface area contributed by atoms with Crippen LogP contribution in [0.3, 0.4) is 0 Å².